The van der Waals surface area contributed by atoms with Crippen LogP contribution in [0.3, 0.4) is 0 Å². The van der Waals surface area contributed by atoms with Crippen LogP contribution in [0.2, 0.25) is 0 Å². The van der Waals surface area contributed by atoms with Crippen LogP contribution < -0.4 is 5.32 Å². The summed E-state index contributed by atoms with van der Waals surface area (Å²) in [4.78, 5) is 18.3. The Labute approximate surface area is 181 Å². The number of ether oxygens (including phenoxy) is 1. The van der Waals surface area contributed by atoms with Gasteiger partial charge in [-0.15, -0.1) is 24.0 Å². The number of benzene rings is 1. The number of methoxy groups -OCH3 is 1. The number of hydrogen-bond acceptors (Lipinski definition) is 3. The maximum atomic E-state index is 11.1. The number of carbonyl (C=O) groups is 1. The first-order valence-corrected chi connectivity index (χ1v) is 9.89. The van der Waals surface area contributed by atoms with Gasteiger partial charge in [-0.25, -0.2) is 0 Å². The smallest absolute Gasteiger partial charge is 0.305 e. The number of guanidine groups is 1. The van der Waals surface area contributed by atoms with Gasteiger partial charge in [-0.2, -0.15) is 0 Å². The third kappa shape index (κ3) is 8.49. The summed E-state index contributed by atoms with van der Waals surface area (Å²) in [6.45, 7) is 5.95. The Morgan fingerprint density at radius 1 is 1.22 bits per heavy atom. The molecule has 152 valence electrons. The molecular formula is C21H34IN3O2. The quantitative estimate of drug-likeness (QED) is 0.187. The predicted octanol–water partition coefficient (Wildman–Crippen LogP) is 4.18. The largest absolute Gasteiger partial charge is 0.469 e. The molecule has 1 unspecified atom stereocenters. The molecule has 1 aromatic rings. The topological polar surface area (TPSA) is 53.9 Å². The van der Waals surface area contributed by atoms with Crippen LogP contribution >= 0.6 is 24.0 Å². The number of hydrogen-bond donors (Lipinski definition) is 1. The van der Waals surface area contributed by atoms with Gasteiger partial charge in [0.25, 0.3) is 0 Å². The van der Waals surface area contributed by atoms with E-state index in [1.807, 2.05) is 0 Å². The van der Waals surface area contributed by atoms with Crippen molar-refractivity contribution >= 4 is 35.9 Å². The van der Waals surface area contributed by atoms with E-state index in [0.717, 1.165) is 57.8 Å². The minimum atomic E-state index is -0.112. The van der Waals surface area contributed by atoms with E-state index in [2.05, 4.69) is 52.2 Å². The standard InChI is InChI=1S/C21H33N3O2.HI/c1-3-22-21(23-15-10-5-4-9-13-20(25)26-2)24-16-14-19(17-24)18-11-7-6-8-12-18;/h6-8,11-12,19H,3-5,9-10,13-17H2,1-2H3,(H,22,23);1H. The molecule has 1 saturated heterocycles. The van der Waals surface area contributed by atoms with Gasteiger partial charge in [0, 0.05) is 38.5 Å². The minimum Gasteiger partial charge on any atom is -0.469 e. The molecule has 1 fully saturated rings. The van der Waals surface area contributed by atoms with E-state index < -0.39 is 0 Å². The molecule has 1 aliphatic rings. The first-order valence-electron chi connectivity index (χ1n) is 9.89. The van der Waals surface area contributed by atoms with Crippen LogP contribution in [0.15, 0.2) is 35.3 Å². The Morgan fingerprint density at radius 3 is 2.67 bits per heavy atom. The number of halogens is 1. The lowest BCUT2D eigenvalue weighted by atomic mass is 9.99. The Morgan fingerprint density at radius 2 is 1.96 bits per heavy atom. The highest BCUT2D eigenvalue weighted by atomic mass is 127. The number of carbonyl (C=O) groups excluding carboxylic acids is 1. The first-order chi connectivity index (χ1) is 12.7. The van der Waals surface area contributed by atoms with Gasteiger partial charge < -0.3 is 15.0 Å². The maximum absolute atomic E-state index is 11.1. The van der Waals surface area contributed by atoms with E-state index in [-0.39, 0.29) is 29.9 Å². The molecule has 27 heavy (non-hydrogen) atoms. The summed E-state index contributed by atoms with van der Waals surface area (Å²) in [5, 5.41) is 3.44. The molecule has 0 saturated carbocycles. The molecule has 1 aliphatic heterocycles. The summed E-state index contributed by atoms with van der Waals surface area (Å²) < 4.78 is 4.66. The summed E-state index contributed by atoms with van der Waals surface area (Å²) >= 11 is 0. The van der Waals surface area contributed by atoms with Crippen LogP contribution in [0.4, 0.5) is 0 Å². The molecule has 1 heterocycles. The van der Waals surface area contributed by atoms with E-state index in [1.165, 1.54) is 19.1 Å². The van der Waals surface area contributed by atoms with Crippen molar-refractivity contribution in [3.63, 3.8) is 0 Å². The number of esters is 1. The molecular weight excluding hydrogens is 453 g/mol. The molecule has 6 heteroatoms. The monoisotopic (exact) mass is 487 g/mol. The van der Waals surface area contributed by atoms with Crippen molar-refractivity contribution in [2.45, 2.75) is 51.4 Å². The maximum Gasteiger partial charge on any atom is 0.305 e. The summed E-state index contributed by atoms with van der Waals surface area (Å²) in [5.41, 5.74) is 1.43. The molecule has 5 nitrogen and oxygen atoms in total. The highest BCUT2D eigenvalue weighted by Gasteiger charge is 2.25. The van der Waals surface area contributed by atoms with Crippen LogP contribution in [0, 0.1) is 0 Å². The zero-order chi connectivity index (χ0) is 18.6. The average molecular weight is 487 g/mol. The second-order valence-electron chi connectivity index (χ2n) is 6.82. The molecule has 1 aromatic carbocycles. The number of aliphatic imine (C=N–C) groups is 1. The van der Waals surface area contributed by atoms with Gasteiger partial charge in [0.2, 0.25) is 0 Å². The van der Waals surface area contributed by atoms with E-state index in [1.54, 1.807) is 0 Å². The van der Waals surface area contributed by atoms with E-state index >= 15 is 0 Å². The molecule has 0 aromatic heterocycles. The number of likely N-dealkylation sites (tertiary alicyclic amines) is 1. The molecule has 2 rings (SSSR count). The summed E-state index contributed by atoms with van der Waals surface area (Å²) in [6.07, 6.45) is 5.83. The second-order valence-corrected chi connectivity index (χ2v) is 6.82. The highest BCUT2D eigenvalue weighted by Crippen LogP contribution is 2.26. The zero-order valence-corrected chi connectivity index (χ0v) is 19.0. The van der Waals surface area contributed by atoms with Crippen LogP contribution in [-0.2, 0) is 9.53 Å². The number of nitrogens with one attached hydrogen (secondary N) is 1. The van der Waals surface area contributed by atoms with Gasteiger partial charge in [-0.05, 0) is 31.7 Å². The van der Waals surface area contributed by atoms with Gasteiger partial charge in [-0.1, -0.05) is 43.2 Å². The van der Waals surface area contributed by atoms with Crippen molar-refractivity contribution in [2.75, 3.05) is 33.3 Å². The minimum absolute atomic E-state index is 0. The van der Waals surface area contributed by atoms with Crippen molar-refractivity contribution in [3.8, 4) is 0 Å². The summed E-state index contributed by atoms with van der Waals surface area (Å²) in [7, 11) is 1.44. The predicted molar refractivity (Wildman–Crippen MR) is 122 cm³/mol. The molecule has 0 radical (unpaired) electrons. The zero-order valence-electron chi connectivity index (χ0n) is 16.7. The van der Waals surface area contributed by atoms with Gasteiger partial charge in [0.1, 0.15) is 0 Å². The van der Waals surface area contributed by atoms with E-state index in [4.69, 9.17) is 4.99 Å². The number of rotatable bonds is 9. The Hall–Kier alpha value is -1.31. The Kier molecular flexibility index (Phi) is 12.1. The molecule has 0 aliphatic carbocycles. The number of unbranched alkanes of at least 4 members (excludes halogenated alkanes) is 3. The van der Waals surface area contributed by atoms with E-state index in [0.29, 0.717) is 12.3 Å². The van der Waals surface area contributed by atoms with Crippen molar-refractivity contribution < 1.29 is 9.53 Å². The molecule has 1 atom stereocenters. The summed E-state index contributed by atoms with van der Waals surface area (Å²) in [5.74, 6) is 1.53. The lowest BCUT2D eigenvalue weighted by Crippen LogP contribution is -2.40. The van der Waals surface area contributed by atoms with Crippen LogP contribution in [-0.4, -0.2) is 50.1 Å². The van der Waals surface area contributed by atoms with Crippen LogP contribution in [0.1, 0.15) is 56.9 Å². The third-order valence-corrected chi connectivity index (χ3v) is 4.87. The Balaban J connectivity index is 0.00000364. The van der Waals surface area contributed by atoms with Gasteiger partial charge in [-0.3, -0.25) is 9.79 Å². The van der Waals surface area contributed by atoms with Gasteiger partial charge >= 0.3 is 5.97 Å². The fourth-order valence-electron chi connectivity index (χ4n) is 3.40. The Bertz CT molecular complexity index is 566. The second kappa shape index (κ2) is 13.8. The number of nitrogens with zero attached hydrogens (tertiary/aromatic N) is 2. The van der Waals surface area contributed by atoms with Gasteiger partial charge in [0.05, 0.1) is 7.11 Å². The lowest BCUT2D eigenvalue weighted by molar-refractivity contribution is -0.140. The highest BCUT2D eigenvalue weighted by molar-refractivity contribution is 14.0. The van der Waals surface area contributed by atoms with Gasteiger partial charge in [0.15, 0.2) is 5.96 Å². The van der Waals surface area contributed by atoms with Crippen molar-refractivity contribution in [1.29, 1.82) is 0 Å². The van der Waals surface area contributed by atoms with Crippen molar-refractivity contribution in [1.82, 2.24) is 10.2 Å². The van der Waals surface area contributed by atoms with Crippen molar-refractivity contribution in [3.05, 3.63) is 35.9 Å². The third-order valence-electron chi connectivity index (χ3n) is 4.87. The fraction of sp³-hybridized carbons (Fsp3) is 0.619. The average Bonchev–Trinajstić information content (AvgIpc) is 3.17. The van der Waals surface area contributed by atoms with E-state index in [9.17, 15) is 4.79 Å². The molecule has 1 N–H and O–H groups in total. The molecule has 0 bridgehead atoms. The summed E-state index contributed by atoms with van der Waals surface area (Å²) in [6, 6.07) is 10.8. The lowest BCUT2D eigenvalue weighted by Gasteiger charge is -2.21. The van der Waals surface area contributed by atoms with Crippen molar-refractivity contribution in [2.24, 2.45) is 4.99 Å². The fourth-order valence-corrected chi connectivity index (χ4v) is 3.40. The van der Waals surface area contributed by atoms with Crippen LogP contribution in [0.5, 0.6) is 0 Å². The SMILES string of the molecule is CCNC(=NCCCCCCC(=O)OC)N1CCC(c2ccccc2)C1.I. The normalized spacial score (nSPS) is 16.7. The van der Waals surface area contributed by atoms with Crippen LogP contribution in [0.25, 0.3) is 0 Å². The molecule has 0 spiro atoms. The first kappa shape index (κ1) is 23.7. The molecule has 0 amide bonds.